The lowest BCUT2D eigenvalue weighted by atomic mass is 9.86. The normalized spacial score (nSPS) is 25.8. The molecule has 20 heavy (non-hydrogen) atoms. The summed E-state index contributed by atoms with van der Waals surface area (Å²) in [6.45, 7) is 4.13. The van der Waals surface area contributed by atoms with Crippen LogP contribution in [0.25, 0.3) is 0 Å². The molecule has 3 N–H and O–H groups in total. The van der Waals surface area contributed by atoms with E-state index < -0.39 is 5.60 Å². The van der Waals surface area contributed by atoms with Gasteiger partial charge >= 0.3 is 6.03 Å². The topological polar surface area (TPSA) is 61.4 Å². The molecule has 1 fully saturated rings. The number of thiophene rings is 1. The lowest BCUT2D eigenvalue weighted by Gasteiger charge is -2.30. The van der Waals surface area contributed by atoms with Gasteiger partial charge in [0, 0.05) is 10.9 Å². The van der Waals surface area contributed by atoms with Gasteiger partial charge in [0.15, 0.2) is 0 Å². The molecule has 1 heterocycles. The van der Waals surface area contributed by atoms with Gasteiger partial charge in [0.25, 0.3) is 0 Å². The first-order valence-electron chi connectivity index (χ1n) is 7.30. The van der Waals surface area contributed by atoms with E-state index in [4.69, 9.17) is 0 Å². The van der Waals surface area contributed by atoms with Gasteiger partial charge in [-0.15, -0.1) is 11.3 Å². The Labute approximate surface area is 124 Å². The van der Waals surface area contributed by atoms with E-state index >= 15 is 0 Å². The van der Waals surface area contributed by atoms with Gasteiger partial charge in [-0.1, -0.05) is 25.8 Å². The van der Waals surface area contributed by atoms with Crippen molar-refractivity contribution in [1.82, 2.24) is 10.6 Å². The van der Waals surface area contributed by atoms with Gasteiger partial charge < -0.3 is 15.7 Å². The number of rotatable bonds is 4. The van der Waals surface area contributed by atoms with Crippen molar-refractivity contribution < 1.29 is 9.90 Å². The van der Waals surface area contributed by atoms with Crippen LogP contribution >= 0.6 is 11.3 Å². The summed E-state index contributed by atoms with van der Waals surface area (Å²) >= 11 is 1.50. The van der Waals surface area contributed by atoms with Crippen LogP contribution in [0.1, 0.15) is 44.4 Å². The van der Waals surface area contributed by atoms with Crippen molar-refractivity contribution in [1.29, 1.82) is 0 Å². The van der Waals surface area contributed by atoms with Crippen molar-refractivity contribution in [3.8, 4) is 0 Å². The van der Waals surface area contributed by atoms with E-state index in [-0.39, 0.29) is 18.6 Å². The minimum atomic E-state index is -1.01. The average molecular weight is 296 g/mol. The molecule has 0 bridgehead atoms. The third kappa shape index (κ3) is 3.96. The van der Waals surface area contributed by atoms with E-state index in [2.05, 4.69) is 17.6 Å². The Balaban J connectivity index is 1.80. The fourth-order valence-corrected chi connectivity index (χ4v) is 3.46. The molecule has 1 saturated carbocycles. The second-order valence-electron chi connectivity index (χ2n) is 5.95. The third-order valence-corrected chi connectivity index (χ3v) is 5.20. The number of amides is 2. The summed E-state index contributed by atoms with van der Waals surface area (Å²) in [6, 6.07) is 3.86. The van der Waals surface area contributed by atoms with Crippen molar-refractivity contribution in [2.24, 2.45) is 5.92 Å². The third-order valence-electron chi connectivity index (χ3n) is 4.07. The molecule has 3 unspecified atom stereocenters. The summed E-state index contributed by atoms with van der Waals surface area (Å²) in [5.41, 5.74) is -1.01. The van der Waals surface area contributed by atoms with E-state index in [0.717, 1.165) is 11.3 Å². The molecule has 0 aliphatic heterocycles. The highest BCUT2D eigenvalue weighted by atomic mass is 32.1. The molecule has 2 rings (SSSR count). The smallest absolute Gasteiger partial charge is 0.315 e. The standard InChI is InChI=1S/C15H24N2O2S/c1-11-6-3-4-7-12(11)17-14(18)16-10-15(2,19)13-8-5-9-20-13/h5,8-9,11-12,19H,3-4,6-7,10H2,1-2H3,(H2,16,17,18). The predicted octanol–water partition coefficient (Wildman–Crippen LogP) is 2.83. The first-order chi connectivity index (χ1) is 9.49. The first-order valence-corrected chi connectivity index (χ1v) is 8.18. The van der Waals surface area contributed by atoms with Crippen LogP contribution < -0.4 is 10.6 Å². The molecule has 0 saturated heterocycles. The van der Waals surface area contributed by atoms with Crippen LogP contribution in [0.5, 0.6) is 0 Å². The number of aliphatic hydroxyl groups is 1. The lowest BCUT2D eigenvalue weighted by molar-refractivity contribution is 0.0628. The van der Waals surface area contributed by atoms with Crippen LogP contribution in [-0.4, -0.2) is 23.7 Å². The number of hydrogen-bond acceptors (Lipinski definition) is 3. The Morgan fingerprint density at radius 2 is 2.25 bits per heavy atom. The molecular formula is C15H24N2O2S. The summed E-state index contributed by atoms with van der Waals surface area (Å²) in [5.74, 6) is 0.535. The second kappa shape index (κ2) is 6.59. The van der Waals surface area contributed by atoms with E-state index in [1.165, 1.54) is 30.6 Å². The average Bonchev–Trinajstić information content (AvgIpc) is 2.94. The van der Waals surface area contributed by atoms with Gasteiger partial charge in [0.1, 0.15) is 5.60 Å². The van der Waals surface area contributed by atoms with Crippen LogP contribution in [0, 0.1) is 5.92 Å². The summed E-state index contributed by atoms with van der Waals surface area (Å²) in [7, 11) is 0. The van der Waals surface area contributed by atoms with Gasteiger partial charge in [-0.25, -0.2) is 4.79 Å². The molecule has 3 atom stereocenters. The van der Waals surface area contributed by atoms with Gasteiger partial charge in [-0.2, -0.15) is 0 Å². The molecule has 1 aromatic heterocycles. The highest BCUT2D eigenvalue weighted by Crippen LogP contribution is 2.25. The minimum Gasteiger partial charge on any atom is -0.383 e. The van der Waals surface area contributed by atoms with Gasteiger partial charge in [0.05, 0.1) is 6.54 Å². The summed E-state index contributed by atoms with van der Waals surface area (Å²) in [6.07, 6.45) is 4.67. The molecule has 2 amide bonds. The summed E-state index contributed by atoms with van der Waals surface area (Å²) in [5, 5.41) is 18.1. The maximum absolute atomic E-state index is 11.9. The van der Waals surface area contributed by atoms with Gasteiger partial charge in [0.2, 0.25) is 0 Å². The van der Waals surface area contributed by atoms with Crippen LogP contribution in [0.2, 0.25) is 0 Å². The molecule has 1 aliphatic carbocycles. The Morgan fingerprint density at radius 1 is 1.50 bits per heavy atom. The Hall–Kier alpha value is -1.07. The zero-order valence-electron chi connectivity index (χ0n) is 12.2. The fourth-order valence-electron chi connectivity index (χ4n) is 2.67. The SMILES string of the molecule is CC1CCCCC1NC(=O)NCC(C)(O)c1cccs1. The van der Waals surface area contributed by atoms with Crippen molar-refractivity contribution in [2.75, 3.05) is 6.54 Å². The number of nitrogens with one attached hydrogen (secondary N) is 2. The number of carbonyl (C=O) groups is 1. The molecule has 112 valence electrons. The van der Waals surface area contributed by atoms with E-state index in [0.29, 0.717) is 5.92 Å². The minimum absolute atomic E-state index is 0.180. The maximum atomic E-state index is 11.9. The van der Waals surface area contributed by atoms with Crippen molar-refractivity contribution in [3.63, 3.8) is 0 Å². The van der Waals surface area contributed by atoms with Crippen molar-refractivity contribution in [2.45, 2.75) is 51.2 Å². The molecule has 1 aliphatic rings. The summed E-state index contributed by atoms with van der Waals surface area (Å²) in [4.78, 5) is 12.8. The number of hydrogen-bond donors (Lipinski definition) is 3. The number of urea groups is 1. The fraction of sp³-hybridized carbons (Fsp3) is 0.667. The molecule has 4 nitrogen and oxygen atoms in total. The van der Waals surface area contributed by atoms with Crippen LogP contribution in [0.3, 0.4) is 0 Å². The van der Waals surface area contributed by atoms with Crippen LogP contribution in [0.4, 0.5) is 4.79 Å². The molecule has 1 aromatic rings. The highest BCUT2D eigenvalue weighted by molar-refractivity contribution is 7.10. The molecular weight excluding hydrogens is 272 g/mol. The predicted molar refractivity (Wildman–Crippen MR) is 81.8 cm³/mol. The van der Waals surface area contributed by atoms with Crippen LogP contribution in [-0.2, 0) is 5.60 Å². The van der Waals surface area contributed by atoms with E-state index in [1.54, 1.807) is 6.92 Å². The Kier molecular flexibility index (Phi) is 5.05. The zero-order chi connectivity index (χ0) is 14.6. The maximum Gasteiger partial charge on any atom is 0.315 e. The van der Waals surface area contributed by atoms with Gasteiger partial charge in [-0.05, 0) is 37.1 Å². The highest BCUT2D eigenvalue weighted by Gasteiger charge is 2.26. The van der Waals surface area contributed by atoms with Crippen molar-refractivity contribution in [3.05, 3.63) is 22.4 Å². The van der Waals surface area contributed by atoms with Crippen LogP contribution in [0.15, 0.2) is 17.5 Å². The quantitative estimate of drug-likeness (QED) is 0.800. The van der Waals surface area contributed by atoms with Crippen molar-refractivity contribution >= 4 is 17.4 Å². The molecule has 0 radical (unpaired) electrons. The molecule has 5 heteroatoms. The largest absolute Gasteiger partial charge is 0.383 e. The summed E-state index contributed by atoms with van der Waals surface area (Å²) < 4.78 is 0. The first kappa shape index (κ1) is 15.3. The monoisotopic (exact) mass is 296 g/mol. The number of carbonyl (C=O) groups excluding carboxylic acids is 1. The van der Waals surface area contributed by atoms with E-state index in [1.807, 2.05) is 17.5 Å². The van der Waals surface area contributed by atoms with Gasteiger partial charge in [-0.3, -0.25) is 0 Å². The zero-order valence-corrected chi connectivity index (χ0v) is 13.0. The Bertz CT molecular complexity index is 431. The molecule has 0 aromatic carbocycles. The molecule has 0 spiro atoms. The lowest BCUT2D eigenvalue weighted by Crippen LogP contribution is -2.49. The van der Waals surface area contributed by atoms with E-state index in [9.17, 15) is 9.90 Å². The second-order valence-corrected chi connectivity index (χ2v) is 6.89. The Morgan fingerprint density at radius 3 is 2.90 bits per heavy atom.